The van der Waals surface area contributed by atoms with Crippen LogP contribution in [-0.4, -0.2) is 16.9 Å². The van der Waals surface area contributed by atoms with Crippen LogP contribution in [0.25, 0.3) is 0 Å². The van der Waals surface area contributed by atoms with Gasteiger partial charge in [0.25, 0.3) is 11.6 Å². The minimum Gasteiger partial charge on any atom is -0.387 e. The number of nitro groups is 1. The molecule has 7 nitrogen and oxygen atoms in total. The number of hydrogen-bond acceptors (Lipinski definition) is 5. The highest BCUT2D eigenvalue weighted by atomic mass is 16.6. The normalized spacial score (nSPS) is 12.1. The predicted octanol–water partition coefficient (Wildman–Crippen LogP) is 2.33. The Balaban J connectivity index is 2.90. The first kappa shape index (κ1) is 16.2. The van der Waals surface area contributed by atoms with Gasteiger partial charge in [0.2, 0.25) is 0 Å². The largest absolute Gasteiger partial charge is 0.387 e. The highest BCUT2D eigenvalue weighted by Gasteiger charge is 2.17. The van der Waals surface area contributed by atoms with E-state index >= 15 is 0 Å². The van der Waals surface area contributed by atoms with E-state index in [1.807, 2.05) is 13.8 Å². The van der Waals surface area contributed by atoms with E-state index in [2.05, 4.69) is 10.6 Å². The second-order valence-electron chi connectivity index (χ2n) is 4.37. The molecule has 0 spiro atoms. The zero-order valence-electron chi connectivity index (χ0n) is 11.8. The number of carbonyl (C=O) groups is 1. The zero-order chi connectivity index (χ0) is 15.8. The number of nitrogens with zero attached hydrogens (tertiary/aromatic N) is 2. The van der Waals surface area contributed by atoms with Crippen LogP contribution < -0.4 is 10.6 Å². The molecule has 0 fully saturated rings. The minimum absolute atomic E-state index is 0.0530. The van der Waals surface area contributed by atoms with Crippen LogP contribution in [0.5, 0.6) is 0 Å². The lowest BCUT2D eigenvalue weighted by Crippen LogP contribution is -2.22. The average Bonchev–Trinajstić information content (AvgIpc) is 2.47. The van der Waals surface area contributed by atoms with Crippen LogP contribution in [0, 0.1) is 21.4 Å². The van der Waals surface area contributed by atoms with E-state index in [9.17, 15) is 14.9 Å². The zero-order valence-corrected chi connectivity index (χ0v) is 11.8. The number of hydrogen-bond donors (Lipinski definition) is 2. The molecular formula is C14H16N4O3. The van der Waals surface area contributed by atoms with Crippen molar-refractivity contribution >= 4 is 17.3 Å². The number of rotatable bonds is 6. The summed E-state index contributed by atoms with van der Waals surface area (Å²) < 4.78 is 0. The van der Waals surface area contributed by atoms with E-state index in [0.717, 1.165) is 6.42 Å². The number of nitro benzene ring substituents is 1. The molecule has 1 aromatic rings. The maximum absolute atomic E-state index is 12.0. The van der Waals surface area contributed by atoms with Crippen molar-refractivity contribution in [3.05, 3.63) is 46.2 Å². The Bertz CT molecular complexity index is 604. The molecule has 0 aliphatic heterocycles. The summed E-state index contributed by atoms with van der Waals surface area (Å²) in [6.07, 6.45) is 2.15. The molecule has 0 saturated heterocycles. The molecule has 21 heavy (non-hydrogen) atoms. The Morgan fingerprint density at radius 1 is 1.52 bits per heavy atom. The van der Waals surface area contributed by atoms with Gasteiger partial charge in [0.05, 0.1) is 4.92 Å². The van der Waals surface area contributed by atoms with E-state index in [4.69, 9.17) is 5.26 Å². The van der Waals surface area contributed by atoms with Crippen LogP contribution in [0.2, 0.25) is 0 Å². The van der Waals surface area contributed by atoms with Gasteiger partial charge in [0.15, 0.2) is 0 Å². The Kier molecular flexibility index (Phi) is 5.89. The highest BCUT2D eigenvalue weighted by Crippen LogP contribution is 2.23. The monoisotopic (exact) mass is 288 g/mol. The molecule has 2 N–H and O–H groups in total. The smallest absolute Gasteiger partial charge is 0.292 e. The van der Waals surface area contributed by atoms with Crippen molar-refractivity contribution < 1.29 is 9.72 Å². The second kappa shape index (κ2) is 7.65. The fourth-order valence-corrected chi connectivity index (χ4v) is 1.42. The van der Waals surface area contributed by atoms with E-state index in [-0.39, 0.29) is 23.0 Å². The average molecular weight is 288 g/mol. The summed E-state index contributed by atoms with van der Waals surface area (Å²) in [4.78, 5) is 22.2. The van der Waals surface area contributed by atoms with Gasteiger partial charge in [-0.3, -0.25) is 14.9 Å². The van der Waals surface area contributed by atoms with Gasteiger partial charge in [-0.15, -0.1) is 0 Å². The molecule has 7 heteroatoms. The quantitative estimate of drug-likeness (QED) is 0.361. The summed E-state index contributed by atoms with van der Waals surface area (Å²) >= 11 is 0. The molecule has 0 bridgehead atoms. The van der Waals surface area contributed by atoms with Gasteiger partial charge < -0.3 is 10.6 Å². The maximum atomic E-state index is 12.0. The van der Waals surface area contributed by atoms with E-state index in [1.54, 1.807) is 12.1 Å². The first-order valence-electron chi connectivity index (χ1n) is 6.40. The van der Waals surface area contributed by atoms with Gasteiger partial charge in [-0.1, -0.05) is 19.1 Å². The van der Waals surface area contributed by atoms with Crippen LogP contribution in [0.15, 0.2) is 36.0 Å². The Morgan fingerprint density at radius 2 is 2.19 bits per heavy atom. The van der Waals surface area contributed by atoms with E-state index < -0.39 is 10.8 Å². The molecule has 0 aromatic heterocycles. The van der Waals surface area contributed by atoms with Crippen LogP contribution in [0.4, 0.5) is 11.4 Å². The number of para-hydroxylation sites is 2. The van der Waals surface area contributed by atoms with Crippen molar-refractivity contribution in [3.8, 4) is 6.07 Å². The topological polar surface area (TPSA) is 108 Å². The maximum Gasteiger partial charge on any atom is 0.292 e. The molecular weight excluding hydrogens is 272 g/mol. The SMILES string of the molecule is CCC(C)N/C=C(/C#N)C(=O)Nc1ccccc1[N+](=O)[O-]. The first-order chi connectivity index (χ1) is 9.99. The van der Waals surface area contributed by atoms with Crippen LogP contribution in [0.3, 0.4) is 0 Å². The summed E-state index contributed by atoms with van der Waals surface area (Å²) in [6, 6.07) is 7.64. The summed E-state index contributed by atoms with van der Waals surface area (Å²) in [7, 11) is 0. The third-order valence-electron chi connectivity index (χ3n) is 2.84. The number of nitrogens with one attached hydrogen (secondary N) is 2. The fraction of sp³-hybridized carbons (Fsp3) is 0.286. The Labute approximate surface area is 122 Å². The predicted molar refractivity (Wildman–Crippen MR) is 78.3 cm³/mol. The third-order valence-corrected chi connectivity index (χ3v) is 2.84. The number of nitriles is 1. The molecule has 1 unspecified atom stereocenters. The van der Waals surface area contributed by atoms with Gasteiger partial charge >= 0.3 is 0 Å². The third kappa shape index (κ3) is 4.62. The molecule has 1 aromatic carbocycles. The van der Waals surface area contributed by atoms with E-state index in [1.165, 1.54) is 24.4 Å². The van der Waals surface area contributed by atoms with Crippen molar-refractivity contribution in [1.82, 2.24) is 5.32 Å². The summed E-state index contributed by atoms with van der Waals surface area (Å²) in [5, 5.41) is 25.1. The molecule has 1 atom stereocenters. The van der Waals surface area contributed by atoms with Crippen LogP contribution in [0.1, 0.15) is 20.3 Å². The minimum atomic E-state index is -0.692. The van der Waals surface area contributed by atoms with E-state index in [0.29, 0.717) is 0 Å². The lowest BCUT2D eigenvalue weighted by molar-refractivity contribution is -0.383. The molecule has 0 radical (unpaired) electrons. The molecule has 0 saturated carbocycles. The first-order valence-corrected chi connectivity index (χ1v) is 6.40. The van der Waals surface area contributed by atoms with Crippen molar-refractivity contribution in [2.75, 3.05) is 5.32 Å². The number of amides is 1. The van der Waals surface area contributed by atoms with Gasteiger partial charge in [-0.25, -0.2) is 0 Å². The van der Waals surface area contributed by atoms with Gasteiger partial charge in [-0.05, 0) is 19.4 Å². The number of benzene rings is 1. The molecule has 0 aliphatic carbocycles. The molecule has 0 aliphatic rings. The molecule has 0 heterocycles. The van der Waals surface area contributed by atoms with Crippen molar-refractivity contribution in [2.24, 2.45) is 0 Å². The highest BCUT2D eigenvalue weighted by molar-refractivity contribution is 6.07. The fourth-order valence-electron chi connectivity index (χ4n) is 1.42. The molecule has 1 rings (SSSR count). The second-order valence-corrected chi connectivity index (χ2v) is 4.37. The number of carbonyl (C=O) groups excluding carboxylic acids is 1. The van der Waals surface area contributed by atoms with Gasteiger partial charge in [-0.2, -0.15) is 5.26 Å². The standard InChI is InChI=1S/C14H16N4O3/c1-3-10(2)16-9-11(8-15)14(19)17-12-6-4-5-7-13(12)18(20)21/h4-7,9-10,16H,3H2,1-2H3,(H,17,19)/b11-9-. The van der Waals surface area contributed by atoms with Gasteiger partial charge in [0.1, 0.15) is 17.3 Å². The number of anilines is 1. The lowest BCUT2D eigenvalue weighted by atomic mass is 10.2. The Hall–Kier alpha value is -2.88. The van der Waals surface area contributed by atoms with Crippen molar-refractivity contribution in [2.45, 2.75) is 26.3 Å². The van der Waals surface area contributed by atoms with Crippen molar-refractivity contribution in [3.63, 3.8) is 0 Å². The van der Waals surface area contributed by atoms with Crippen LogP contribution >= 0.6 is 0 Å². The van der Waals surface area contributed by atoms with Crippen LogP contribution in [-0.2, 0) is 4.79 Å². The Morgan fingerprint density at radius 3 is 2.76 bits per heavy atom. The summed E-state index contributed by atoms with van der Waals surface area (Å²) in [5.41, 5.74) is -0.316. The van der Waals surface area contributed by atoms with Gasteiger partial charge in [0, 0.05) is 18.3 Å². The lowest BCUT2D eigenvalue weighted by Gasteiger charge is -2.09. The summed E-state index contributed by atoms with van der Waals surface area (Å²) in [5.74, 6) is -0.692. The van der Waals surface area contributed by atoms with Crippen molar-refractivity contribution in [1.29, 1.82) is 5.26 Å². The summed E-state index contributed by atoms with van der Waals surface area (Å²) in [6.45, 7) is 3.87. The molecule has 110 valence electrons. The molecule has 1 amide bonds.